The Morgan fingerprint density at radius 1 is 1.35 bits per heavy atom. The lowest BCUT2D eigenvalue weighted by Gasteiger charge is -2.08. The first-order valence-corrected chi connectivity index (χ1v) is 6.95. The standard InChI is InChI=1S/C18H23NO/c1-5-6-7-11-16(13-14(2)3)19-18(20)17-12-9-8-10-15(17)4/h7-13H,2,5-6H2,1,3-4H3,(H,19,20)/b11-7-,16-13+. The summed E-state index contributed by atoms with van der Waals surface area (Å²) in [5.74, 6) is -0.0863. The van der Waals surface area contributed by atoms with Crippen LogP contribution in [0.4, 0.5) is 0 Å². The number of carbonyl (C=O) groups excluding carboxylic acids is 1. The molecule has 0 atom stereocenters. The fourth-order valence-corrected chi connectivity index (χ4v) is 1.79. The molecule has 1 rings (SSSR count). The van der Waals surface area contributed by atoms with Crippen molar-refractivity contribution in [1.29, 1.82) is 0 Å². The number of aryl methyl sites for hydroxylation is 1. The topological polar surface area (TPSA) is 29.1 Å². The SMILES string of the molecule is C=C(C)/C=C(\C=C/CCC)NC(=O)c1ccccc1C. The lowest BCUT2D eigenvalue weighted by atomic mass is 10.1. The Hall–Kier alpha value is -2.09. The lowest BCUT2D eigenvalue weighted by molar-refractivity contribution is 0.0966. The van der Waals surface area contributed by atoms with Gasteiger partial charge in [0.2, 0.25) is 0 Å². The van der Waals surface area contributed by atoms with E-state index in [1.165, 1.54) is 0 Å². The van der Waals surface area contributed by atoms with Crippen molar-refractivity contribution >= 4 is 5.91 Å². The van der Waals surface area contributed by atoms with Gasteiger partial charge < -0.3 is 5.32 Å². The molecule has 0 fully saturated rings. The molecule has 106 valence electrons. The predicted molar refractivity (Wildman–Crippen MR) is 85.6 cm³/mol. The zero-order valence-electron chi connectivity index (χ0n) is 12.6. The summed E-state index contributed by atoms with van der Waals surface area (Å²) in [6, 6.07) is 7.57. The van der Waals surface area contributed by atoms with E-state index in [4.69, 9.17) is 0 Å². The predicted octanol–water partition coefficient (Wildman–Crippen LogP) is 4.54. The van der Waals surface area contributed by atoms with Crippen molar-refractivity contribution in [3.63, 3.8) is 0 Å². The van der Waals surface area contributed by atoms with Gasteiger partial charge >= 0.3 is 0 Å². The van der Waals surface area contributed by atoms with Crippen LogP contribution in [-0.2, 0) is 0 Å². The van der Waals surface area contributed by atoms with Crippen LogP contribution in [0.25, 0.3) is 0 Å². The first kappa shape index (κ1) is 16.0. The van der Waals surface area contributed by atoms with Crippen LogP contribution in [0.2, 0.25) is 0 Å². The molecule has 20 heavy (non-hydrogen) atoms. The molecule has 0 unspecified atom stereocenters. The highest BCUT2D eigenvalue weighted by atomic mass is 16.1. The summed E-state index contributed by atoms with van der Waals surface area (Å²) in [5.41, 5.74) is 3.35. The van der Waals surface area contributed by atoms with E-state index in [0.717, 1.165) is 29.7 Å². The first-order chi connectivity index (χ1) is 9.54. The largest absolute Gasteiger partial charge is 0.322 e. The van der Waals surface area contributed by atoms with Gasteiger partial charge in [-0.25, -0.2) is 0 Å². The summed E-state index contributed by atoms with van der Waals surface area (Å²) in [7, 11) is 0. The molecular weight excluding hydrogens is 246 g/mol. The Balaban J connectivity index is 2.88. The quantitative estimate of drug-likeness (QED) is 0.755. The number of hydrogen-bond donors (Lipinski definition) is 1. The van der Waals surface area contributed by atoms with E-state index in [1.807, 2.05) is 50.3 Å². The number of rotatable bonds is 6. The molecule has 0 saturated carbocycles. The maximum Gasteiger partial charge on any atom is 0.255 e. The van der Waals surface area contributed by atoms with Gasteiger partial charge in [0.1, 0.15) is 0 Å². The van der Waals surface area contributed by atoms with Crippen LogP contribution in [0.15, 0.2) is 60.3 Å². The molecule has 0 spiro atoms. The third-order valence-electron chi connectivity index (χ3n) is 2.80. The van der Waals surface area contributed by atoms with Crippen LogP contribution >= 0.6 is 0 Å². The maximum absolute atomic E-state index is 12.3. The molecule has 1 aromatic carbocycles. The van der Waals surface area contributed by atoms with Gasteiger partial charge in [0.15, 0.2) is 0 Å². The second-order valence-corrected chi connectivity index (χ2v) is 4.91. The molecular formula is C18H23NO. The van der Waals surface area contributed by atoms with Gasteiger partial charge in [-0.1, -0.05) is 49.8 Å². The highest BCUT2D eigenvalue weighted by molar-refractivity contribution is 5.96. The Labute approximate surface area is 121 Å². The molecule has 0 aliphatic heterocycles. The minimum Gasteiger partial charge on any atom is -0.322 e. The Kier molecular flexibility index (Phi) is 6.51. The summed E-state index contributed by atoms with van der Waals surface area (Å²) < 4.78 is 0. The molecule has 0 heterocycles. The second kappa shape index (κ2) is 8.16. The number of benzene rings is 1. The molecule has 0 radical (unpaired) electrons. The third-order valence-corrected chi connectivity index (χ3v) is 2.80. The minimum atomic E-state index is -0.0863. The highest BCUT2D eigenvalue weighted by Gasteiger charge is 2.08. The minimum absolute atomic E-state index is 0.0863. The third kappa shape index (κ3) is 5.27. The van der Waals surface area contributed by atoms with Crippen LogP contribution in [0.1, 0.15) is 42.6 Å². The summed E-state index contributed by atoms with van der Waals surface area (Å²) in [6.07, 6.45) is 7.96. The van der Waals surface area contributed by atoms with Gasteiger partial charge in [0.25, 0.3) is 5.91 Å². The highest BCUT2D eigenvalue weighted by Crippen LogP contribution is 2.09. The van der Waals surface area contributed by atoms with Gasteiger partial charge in [-0.05, 0) is 44.1 Å². The van der Waals surface area contributed by atoms with Gasteiger partial charge in [-0.15, -0.1) is 0 Å². The molecule has 0 aromatic heterocycles. The first-order valence-electron chi connectivity index (χ1n) is 6.95. The van der Waals surface area contributed by atoms with Crippen LogP contribution in [0, 0.1) is 6.92 Å². The monoisotopic (exact) mass is 269 g/mol. The Bertz CT molecular complexity index is 538. The lowest BCUT2D eigenvalue weighted by Crippen LogP contribution is -2.22. The van der Waals surface area contributed by atoms with E-state index in [2.05, 4.69) is 24.9 Å². The normalized spacial score (nSPS) is 11.7. The summed E-state index contributed by atoms with van der Waals surface area (Å²) >= 11 is 0. The number of allylic oxidation sites excluding steroid dienone is 4. The van der Waals surface area contributed by atoms with E-state index >= 15 is 0 Å². The number of amides is 1. The average molecular weight is 269 g/mol. The summed E-state index contributed by atoms with van der Waals surface area (Å²) in [6.45, 7) is 9.83. The number of nitrogens with one attached hydrogen (secondary N) is 1. The van der Waals surface area contributed by atoms with Gasteiger partial charge in [-0.2, -0.15) is 0 Å². The van der Waals surface area contributed by atoms with Gasteiger partial charge in [0, 0.05) is 11.3 Å². The van der Waals surface area contributed by atoms with Crippen molar-refractivity contribution in [2.45, 2.75) is 33.6 Å². The van der Waals surface area contributed by atoms with Crippen molar-refractivity contribution in [2.24, 2.45) is 0 Å². The van der Waals surface area contributed by atoms with E-state index in [-0.39, 0.29) is 5.91 Å². The van der Waals surface area contributed by atoms with Crippen molar-refractivity contribution in [2.75, 3.05) is 0 Å². The number of unbranched alkanes of at least 4 members (excludes halogenated alkanes) is 1. The molecule has 0 saturated heterocycles. The molecule has 1 amide bonds. The maximum atomic E-state index is 12.3. The van der Waals surface area contributed by atoms with Crippen molar-refractivity contribution in [3.8, 4) is 0 Å². The van der Waals surface area contributed by atoms with E-state index in [0.29, 0.717) is 5.56 Å². The van der Waals surface area contributed by atoms with Crippen molar-refractivity contribution < 1.29 is 4.79 Å². The summed E-state index contributed by atoms with van der Waals surface area (Å²) in [4.78, 5) is 12.3. The molecule has 0 aliphatic carbocycles. The van der Waals surface area contributed by atoms with E-state index in [1.54, 1.807) is 0 Å². The van der Waals surface area contributed by atoms with Gasteiger partial charge in [-0.3, -0.25) is 4.79 Å². The van der Waals surface area contributed by atoms with Crippen LogP contribution in [0.5, 0.6) is 0 Å². The smallest absolute Gasteiger partial charge is 0.255 e. The Morgan fingerprint density at radius 3 is 2.65 bits per heavy atom. The molecule has 0 bridgehead atoms. The number of carbonyl (C=O) groups is 1. The van der Waals surface area contributed by atoms with Crippen molar-refractivity contribution in [3.05, 3.63) is 71.5 Å². The molecule has 1 aromatic rings. The van der Waals surface area contributed by atoms with Gasteiger partial charge in [0.05, 0.1) is 0 Å². The molecule has 1 N–H and O–H groups in total. The van der Waals surface area contributed by atoms with Crippen LogP contribution in [0.3, 0.4) is 0 Å². The Morgan fingerprint density at radius 2 is 2.05 bits per heavy atom. The zero-order chi connectivity index (χ0) is 15.0. The van der Waals surface area contributed by atoms with Crippen LogP contribution in [-0.4, -0.2) is 5.91 Å². The molecule has 2 heteroatoms. The average Bonchev–Trinajstić information content (AvgIpc) is 2.38. The summed E-state index contributed by atoms with van der Waals surface area (Å²) in [5, 5.41) is 2.94. The number of hydrogen-bond acceptors (Lipinski definition) is 1. The fraction of sp³-hybridized carbons (Fsp3) is 0.278. The second-order valence-electron chi connectivity index (χ2n) is 4.91. The van der Waals surface area contributed by atoms with Crippen molar-refractivity contribution in [1.82, 2.24) is 5.32 Å². The molecule has 2 nitrogen and oxygen atoms in total. The zero-order valence-corrected chi connectivity index (χ0v) is 12.6. The van der Waals surface area contributed by atoms with E-state index in [9.17, 15) is 4.79 Å². The van der Waals surface area contributed by atoms with Crippen LogP contribution < -0.4 is 5.32 Å². The van der Waals surface area contributed by atoms with E-state index < -0.39 is 0 Å². The molecule has 0 aliphatic rings. The fourth-order valence-electron chi connectivity index (χ4n) is 1.79.